The van der Waals surface area contributed by atoms with E-state index in [0.29, 0.717) is 24.2 Å². The molecular weight excluding hydrogens is 706 g/mol. The minimum absolute atomic E-state index is 0.0353. The molecule has 292 valence electrons. The highest BCUT2D eigenvalue weighted by Gasteiger charge is 2.51. The van der Waals surface area contributed by atoms with Crippen molar-refractivity contribution in [2.24, 2.45) is 0 Å². The van der Waals surface area contributed by atoms with Gasteiger partial charge in [-0.3, -0.25) is 24.2 Å². The lowest BCUT2D eigenvalue weighted by atomic mass is 9.97. The van der Waals surface area contributed by atoms with Gasteiger partial charge in [0.15, 0.2) is 0 Å². The van der Waals surface area contributed by atoms with E-state index in [-0.39, 0.29) is 38.5 Å². The number of amides is 3. The van der Waals surface area contributed by atoms with Crippen LogP contribution in [0.2, 0.25) is 0 Å². The normalized spacial score (nSPS) is 21.6. The molecule has 1 unspecified atom stereocenters. The number of hydrogen-bond donors (Lipinski definition) is 1. The molecule has 3 aromatic rings. The van der Waals surface area contributed by atoms with Crippen LogP contribution in [0.1, 0.15) is 37.1 Å². The van der Waals surface area contributed by atoms with Gasteiger partial charge in [0.2, 0.25) is 17.7 Å². The Kier molecular flexibility index (Phi) is 11.5. The molecule has 0 aliphatic carbocycles. The zero-order chi connectivity index (χ0) is 38.8. The van der Waals surface area contributed by atoms with Gasteiger partial charge >= 0.3 is 0 Å². The maximum absolute atomic E-state index is 15.2. The molecule has 2 atom stereocenters. The Morgan fingerprint density at radius 1 is 0.982 bits per heavy atom. The van der Waals surface area contributed by atoms with Gasteiger partial charge in [-0.25, -0.2) is 23.8 Å². The summed E-state index contributed by atoms with van der Waals surface area (Å²) in [5, 5.41) is 13.0. The van der Waals surface area contributed by atoms with Crippen molar-refractivity contribution < 1.29 is 28.3 Å². The van der Waals surface area contributed by atoms with Gasteiger partial charge in [0.25, 0.3) is 0 Å². The molecule has 0 bridgehead atoms. The van der Waals surface area contributed by atoms with Crippen LogP contribution in [-0.4, -0.2) is 141 Å². The van der Waals surface area contributed by atoms with Gasteiger partial charge in [0.05, 0.1) is 25.3 Å². The van der Waals surface area contributed by atoms with Crippen LogP contribution in [0.5, 0.6) is 5.75 Å². The smallest absolute Gasteiger partial charge is 0.246 e. The highest BCUT2D eigenvalue weighted by molar-refractivity contribution is 5.92. The number of hydrogen-bond acceptors (Lipinski definition) is 9. The number of aromatic hydroxyl groups is 1. The number of aromatic nitrogens is 1. The summed E-state index contributed by atoms with van der Waals surface area (Å²) >= 11 is 0. The van der Waals surface area contributed by atoms with Crippen LogP contribution >= 0.6 is 0 Å². The molecule has 4 aliphatic heterocycles. The fraction of sp³-hybridized carbons (Fsp3) is 0.463. The quantitative estimate of drug-likeness (QED) is 0.279. The van der Waals surface area contributed by atoms with Crippen molar-refractivity contribution in [3.63, 3.8) is 0 Å². The zero-order valence-electron chi connectivity index (χ0n) is 31.6. The second-order valence-electron chi connectivity index (χ2n) is 15.2. The van der Waals surface area contributed by atoms with Crippen molar-refractivity contribution in [2.45, 2.75) is 63.9 Å². The number of pyridine rings is 1. The average Bonchev–Trinajstić information content (AvgIpc) is 3.14. The third kappa shape index (κ3) is 8.21. The Morgan fingerprint density at radius 2 is 1.69 bits per heavy atom. The number of phenols is 1. The van der Waals surface area contributed by atoms with E-state index in [0.717, 1.165) is 62.8 Å². The predicted molar refractivity (Wildman–Crippen MR) is 203 cm³/mol. The molecule has 3 amide bonds. The fourth-order valence-corrected chi connectivity index (χ4v) is 8.31. The Morgan fingerprint density at radius 3 is 2.36 bits per heavy atom. The third-order valence-corrected chi connectivity index (χ3v) is 11.3. The van der Waals surface area contributed by atoms with Crippen LogP contribution in [0, 0.1) is 11.6 Å². The molecule has 2 aromatic carbocycles. The minimum Gasteiger partial charge on any atom is -0.508 e. The number of halogens is 2. The number of piperazine rings is 2. The van der Waals surface area contributed by atoms with Crippen LogP contribution in [0.4, 0.5) is 14.6 Å². The molecule has 7 rings (SSSR count). The van der Waals surface area contributed by atoms with Crippen molar-refractivity contribution in [2.75, 3.05) is 63.8 Å². The number of phenolic OH excluding ortho intramolecular Hbond substituents is 1. The topological polar surface area (TPSA) is 107 Å². The summed E-state index contributed by atoms with van der Waals surface area (Å²) in [4.78, 5) is 57.6. The number of aryl methyl sites for hydroxylation is 1. The zero-order valence-corrected chi connectivity index (χ0v) is 31.6. The molecule has 0 radical (unpaired) electrons. The van der Waals surface area contributed by atoms with Gasteiger partial charge in [-0.05, 0) is 38.0 Å². The molecule has 4 saturated heterocycles. The molecule has 1 aromatic heterocycles. The second-order valence-corrected chi connectivity index (χ2v) is 15.2. The Hall–Kier alpha value is -4.92. The van der Waals surface area contributed by atoms with Crippen molar-refractivity contribution in [3.05, 3.63) is 102 Å². The second kappa shape index (κ2) is 16.4. The van der Waals surface area contributed by atoms with Gasteiger partial charge in [0, 0.05) is 88.4 Å². The number of hydrazine groups is 1. The first-order chi connectivity index (χ1) is 26.5. The molecule has 0 saturated carbocycles. The number of carbonyl (C=O) groups excluding carboxylic acids is 3. The van der Waals surface area contributed by atoms with E-state index in [1.807, 2.05) is 48.5 Å². The lowest BCUT2D eigenvalue weighted by Crippen LogP contribution is -2.76. The van der Waals surface area contributed by atoms with Crippen LogP contribution in [0.3, 0.4) is 0 Å². The van der Waals surface area contributed by atoms with Crippen molar-refractivity contribution in [1.82, 2.24) is 34.6 Å². The van der Waals surface area contributed by atoms with E-state index in [1.54, 1.807) is 11.1 Å². The summed E-state index contributed by atoms with van der Waals surface area (Å²) < 4.78 is 30.4. The highest BCUT2D eigenvalue weighted by atomic mass is 19.1. The minimum atomic E-state index is -1.33. The summed E-state index contributed by atoms with van der Waals surface area (Å²) in [5.41, 5.74) is 1.15. The first kappa shape index (κ1) is 38.4. The number of benzene rings is 2. The Labute approximate surface area is 321 Å². The number of carbonyl (C=O) groups is 3. The summed E-state index contributed by atoms with van der Waals surface area (Å²) in [5.74, 6) is -3.08. The van der Waals surface area contributed by atoms with Gasteiger partial charge in [0.1, 0.15) is 35.4 Å². The summed E-state index contributed by atoms with van der Waals surface area (Å²) in [6.45, 7) is 14.2. The molecule has 4 aliphatic rings. The summed E-state index contributed by atoms with van der Waals surface area (Å²) in [6, 6.07) is 16.5. The highest BCUT2D eigenvalue weighted by Crippen LogP contribution is 2.32. The van der Waals surface area contributed by atoms with Crippen LogP contribution < -0.4 is 4.90 Å². The largest absolute Gasteiger partial charge is 0.508 e. The number of rotatable bonds is 12. The monoisotopic (exact) mass is 756 g/mol. The van der Waals surface area contributed by atoms with E-state index in [2.05, 4.69) is 35.1 Å². The van der Waals surface area contributed by atoms with Crippen LogP contribution in [-0.2, 0) is 33.8 Å². The molecule has 0 spiro atoms. The van der Waals surface area contributed by atoms with E-state index in [4.69, 9.17) is 4.98 Å². The summed E-state index contributed by atoms with van der Waals surface area (Å²) in [7, 11) is 0. The first-order valence-electron chi connectivity index (χ1n) is 19.2. The third-order valence-electron chi connectivity index (χ3n) is 11.3. The standard InChI is InChI=1S/C41H50F2N8O4/c1-4-15-49-27-40(54)50-36(22-33-34(42)20-32(52)21-35(33)43)41(55)48(26-38(50)51(49)39(53)14-13-29-9-6-5-7-10-29)23-30-11-8-12-37(44-30)47-24-31(25-47)46-18-16-45(17-19-46)28(2)3/h4-12,20-21,28,31,36,38,52H,1,13-19,22-27H2,2-3H3/t36-,38?/m0/s1. The van der Waals surface area contributed by atoms with E-state index < -0.39 is 53.4 Å². The summed E-state index contributed by atoms with van der Waals surface area (Å²) in [6.07, 6.45) is 0.746. The molecular formula is C41H50F2N8O4. The van der Waals surface area contributed by atoms with E-state index in [1.165, 1.54) is 14.8 Å². The molecule has 5 heterocycles. The van der Waals surface area contributed by atoms with E-state index in [9.17, 15) is 19.5 Å². The molecule has 55 heavy (non-hydrogen) atoms. The lowest BCUT2D eigenvalue weighted by Gasteiger charge is -2.55. The average molecular weight is 757 g/mol. The number of anilines is 1. The molecule has 12 nitrogen and oxygen atoms in total. The van der Waals surface area contributed by atoms with Gasteiger partial charge in [-0.1, -0.05) is 42.5 Å². The fourth-order valence-electron chi connectivity index (χ4n) is 8.31. The first-order valence-corrected chi connectivity index (χ1v) is 19.2. The van der Waals surface area contributed by atoms with Crippen LogP contribution in [0.25, 0.3) is 0 Å². The van der Waals surface area contributed by atoms with Gasteiger partial charge < -0.3 is 19.8 Å². The van der Waals surface area contributed by atoms with Crippen molar-refractivity contribution in [1.29, 1.82) is 0 Å². The predicted octanol–water partition coefficient (Wildman–Crippen LogP) is 3.27. The van der Waals surface area contributed by atoms with Crippen molar-refractivity contribution >= 4 is 23.5 Å². The molecule has 1 N–H and O–H groups in total. The van der Waals surface area contributed by atoms with Crippen molar-refractivity contribution in [3.8, 4) is 5.75 Å². The SMILES string of the molecule is C=CCN1CC(=O)N2C(CN(Cc3cccc(N4CC(N5CCN(C(C)C)CC5)C4)n3)C(=O)[C@@H]2Cc2c(F)cc(O)cc2F)N1C(=O)CCc1ccccc1. The number of nitrogens with zero attached hydrogens (tertiary/aromatic N) is 8. The van der Waals surface area contributed by atoms with Gasteiger partial charge in [-0.15, -0.1) is 6.58 Å². The molecule has 4 fully saturated rings. The van der Waals surface area contributed by atoms with Gasteiger partial charge in [-0.2, -0.15) is 0 Å². The Bertz CT molecular complexity index is 1860. The van der Waals surface area contributed by atoms with E-state index >= 15 is 8.78 Å². The lowest BCUT2D eigenvalue weighted by molar-refractivity contribution is -0.205. The maximum Gasteiger partial charge on any atom is 0.246 e. The maximum atomic E-state index is 15.2. The molecule has 14 heteroatoms. The Balaban J connectivity index is 1.14. The van der Waals surface area contributed by atoms with Crippen LogP contribution in [0.15, 0.2) is 73.3 Å². The number of fused-ring (bicyclic) bond motifs is 1.